The standard InChI is InChI=1S/C20H23N5O3/c1-5-16(17(6-2)28-4)24-9-11-25(12-10-24)20(27)18-14-7-8-21-13-15(14)19(26)23(3)22-18/h5-8,13H,1-2,9-12H2,3-4H3/b17-16-. The van der Waals surface area contributed by atoms with Crippen LogP contribution >= 0.6 is 0 Å². The molecule has 28 heavy (non-hydrogen) atoms. The third-order valence-electron chi connectivity index (χ3n) is 4.81. The molecular weight excluding hydrogens is 358 g/mol. The summed E-state index contributed by atoms with van der Waals surface area (Å²) in [4.78, 5) is 33.2. The molecule has 146 valence electrons. The highest BCUT2D eigenvalue weighted by atomic mass is 16.5. The Labute approximate surface area is 163 Å². The van der Waals surface area contributed by atoms with Gasteiger partial charge in [0.05, 0.1) is 18.2 Å². The molecule has 8 nitrogen and oxygen atoms in total. The Bertz CT molecular complexity index is 1020. The van der Waals surface area contributed by atoms with Gasteiger partial charge in [-0.25, -0.2) is 4.68 Å². The van der Waals surface area contributed by atoms with Gasteiger partial charge in [-0.05, 0) is 18.2 Å². The Morgan fingerprint density at radius 2 is 1.82 bits per heavy atom. The van der Waals surface area contributed by atoms with Gasteiger partial charge in [0.1, 0.15) is 5.76 Å². The first-order valence-electron chi connectivity index (χ1n) is 8.90. The van der Waals surface area contributed by atoms with E-state index < -0.39 is 0 Å². The molecular formula is C20H23N5O3. The highest BCUT2D eigenvalue weighted by molar-refractivity contribution is 6.04. The number of hydrogen-bond acceptors (Lipinski definition) is 6. The molecule has 2 aromatic rings. The van der Waals surface area contributed by atoms with Gasteiger partial charge in [-0.3, -0.25) is 14.6 Å². The van der Waals surface area contributed by atoms with E-state index in [1.807, 2.05) is 0 Å². The number of piperazine rings is 1. The van der Waals surface area contributed by atoms with Crippen molar-refractivity contribution < 1.29 is 9.53 Å². The zero-order valence-electron chi connectivity index (χ0n) is 16.1. The van der Waals surface area contributed by atoms with Crippen LogP contribution in [0.5, 0.6) is 0 Å². The summed E-state index contributed by atoms with van der Waals surface area (Å²) in [5, 5.41) is 5.12. The van der Waals surface area contributed by atoms with Crippen LogP contribution in [0, 0.1) is 0 Å². The van der Waals surface area contributed by atoms with Crippen LogP contribution in [-0.4, -0.2) is 63.8 Å². The van der Waals surface area contributed by atoms with Crippen LogP contribution in [0.3, 0.4) is 0 Å². The zero-order valence-corrected chi connectivity index (χ0v) is 16.1. The van der Waals surface area contributed by atoms with Crippen molar-refractivity contribution in [2.75, 3.05) is 33.3 Å². The summed E-state index contributed by atoms with van der Waals surface area (Å²) in [6, 6.07) is 1.65. The molecule has 1 aliphatic heterocycles. The van der Waals surface area contributed by atoms with E-state index in [9.17, 15) is 9.59 Å². The molecule has 0 unspecified atom stereocenters. The van der Waals surface area contributed by atoms with Gasteiger partial charge in [-0.15, -0.1) is 0 Å². The highest BCUT2D eigenvalue weighted by Gasteiger charge is 2.26. The number of nitrogens with zero attached hydrogens (tertiary/aromatic N) is 5. The fourth-order valence-corrected chi connectivity index (χ4v) is 3.33. The van der Waals surface area contributed by atoms with Crippen molar-refractivity contribution in [3.8, 4) is 0 Å². The Morgan fingerprint density at radius 3 is 2.43 bits per heavy atom. The van der Waals surface area contributed by atoms with Crippen molar-refractivity contribution in [1.82, 2.24) is 24.6 Å². The molecule has 0 N–H and O–H groups in total. The summed E-state index contributed by atoms with van der Waals surface area (Å²) >= 11 is 0. The van der Waals surface area contributed by atoms with Crippen LogP contribution < -0.4 is 5.56 Å². The van der Waals surface area contributed by atoms with Gasteiger partial charge >= 0.3 is 0 Å². The Balaban J connectivity index is 1.85. The van der Waals surface area contributed by atoms with Crippen molar-refractivity contribution in [2.45, 2.75) is 0 Å². The number of aromatic nitrogens is 3. The Morgan fingerprint density at radius 1 is 1.14 bits per heavy atom. The maximum atomic E-state index is 13.1. The Hall–Kier alpha value is -3.42. The monoisotopic (exact) mass is 381 g/mol. The van der Waals surface area contributed by atoms with E-state index in [4.69, 9.17) is 4.74 Å². The lowest BCUT2D eigenvalue weighted by atomic mass is 10.1. The second-order valence-corrected chi connectivity index (χ2v) is 6.34. The predicted molar refractivity (Wildman–Crippen MR) is 107 cm³/mol. The number of pyridine rings is 1. The number of rotatable bonds is 5. The van der Waals surface area contributed by atoms with E-state index in [0.29, 0.717) is 42.7 Å². The van der Waals surface area contributed by atoms with Gasteiger partial charge in [0.25, 0.3) is 11.5 Å². The third kappa shape index (κ3) is 3.40. The topological polar surface area (TPSA) is 80.6 Å². The fourth-order valence-electron chi connectivity index (χ4n) is 3.33. The average molecular weight is 381 g/mol. The van der Waals surface area contributed by atoms with Crippen molar-refractivity contribution in [1.29, 1.82) is 0 Å². The maximum absolute atomic E-state index is 13.1. The first-order chi connectivity index (χ1) is 13.5. The molecule has 3 heterocycles. The average Bonchev–Trinajstić information content (AvgIpc) is 2.74. The number of allylic oxidation sites excluding steroid dienone is 2. The number of amides is 1. The lowest BCUT2D eigenvalue weighted by Gasteiger charge is -2.36. The molecule has 2 aromatic heterocycles. The van der Waals surface area contributed by atoms with Crippen molar-refractivity contribution in [3.63, 3.8) is 0 Å². The van der Waals surface area contributed by atoms with Gasteiger partial charge < -0.3 is 14.5 Å². The molecule has 1 fully saturated rings. The molecule has 3 rings (SSSR count). The molecule has 0 aliphatic carbocycles. The lowest BCUT2D eigenvalue weighted by Crippen LogP contribution is -2.48. The maximum Gasteiger partial charge on any atom is 0.275 e. The molecule has 1 amide bonds. The first kappa shape index (κ1) is 19.3. The molecule has 1 aliphatic rings. The summed E-state index contributed by atoms with van der Waals surface area (Å²) in [5.74, 6) is 0.444. The first-order valence-corrected chi connectivity index (χ1v) is 8.90. The van der Waals surface area contributed by atoms with Crippen LogP contribution in [0.4, 0.5) is 0 Å². The van der Waals surface area contributed by atoms with Crippen molar-refractivity contribution >= 4 is 16.7 Å². The number of carbonyl (C=O) groups is 1. The fraction of sp³-hybridized carbons (Fsp3) is 0.300. The molecule has 0 radical (unpaired) electrons. The van der Waals surface area contributed by atoms with Crippen LogP contribution in [0.15, 0.2) is 60.0 Å². The minimum absolute atomic E-state index is 0.203. The SMILES string of the molecule is C=C/C(OC)=C(\C=C)N1CCN(C(=O)c2nn(C)c(=O)c3cnccc23)CC1. The number of ether oxygens (including phenoxy) is 1. The largest absolute Gasteiger partial charge is 0.495 e. The minimum atomic E-state index is -0.276. The summed E-state index contributed by atoms with van der Waals surface area (Å²) in [7, 11) is 3.12. The minimum Gasteiger partial charge on any atom is -0.495 e. The molecule has 0 spiro atoms. The summed E-state index contributed by atoms with van der Waals surface area (Å²) in [6.07, 6.45) is 6.40. The summed E-state index contributed by atoms with van der Waals surface area (Å²) in [6.45, 7) is 9.89. The zero-order chi connectivity index (χ0) is 20.3. The van der Waals surface area contributed by atoms with Gasteiger partial charge in [0, 0.05) is 51.0 Å². The number of hydrogen-bond donors (Lipinski definition) is 0. The number of aryl methyl sites for hydroxylation is 1. The number of fused-ring (bicyclic) bond motifs is 1. The smallest absolute Gasteiger partial charge is 0.275 e. The third-order valence-corrected chi connectivity index (χ3v) is 4.81. The number of methoxy groups -OCH3 is 1. The van der Waals surface area contributed by atoms with E-state index in [2.05, 4.69) is 28.1 Å². The number of carbonyl (C=O) groups excluding carboxylic acids is 1. The van der Waals surface area contributed by atoms with E-state index in [-0.39, 0.29) is 17.2 Å². The quantitative estimate of drug-likeness (QED) is 0.574. The second kappa shape index (κ2) is 8.08. The van der Waals surface area contributed by atoms with Gasteiger partial charge in [0.15, 0.2) is 5.69 Å². The molecule has 0 aromatic carbocycles. The van der Waals surface area contributed by atoms with Gasteiger partial charge in [-0.2, -0.15) is 5.10 Å². The molecule has 1 saturated heterocycles. The van der Waals surface area contributed by atoms with Crippen molar-refractivity contribution in [3.05, 3.63) is 71.3 Å². The van der Waals surface area contributed by atoms with Crippen LogP contribution in [0.25, 0.3) is 10.8 Å². The molecule has 0 saturated carbocycles. The molecule has 8 heteroatoms. The van der Waals surface area contributed by atoms with E-state index >= 15 is 0 Å². The lowest BCUT2D eigenvalue weighted by molar-refractivity contribution is 0.0662. The van der Waals surface area contributed by atoms with E-state index in [0.717, 1.165) is 5.70 Å². The van der Waals surface area contributed by atoms with E-state index in [1.54, 1.807) is 36.4 Å². The van der Waals surface area contributed by atoms with Crippen LogP contribution in [0.1, 0.15) is 10.5 Å². The predicted octanol–water partition coefficient (Wildman–Crippen LogP) is 1.32. The summed E-state index contributed by atoms with van der Waals surface area (Å²) < 4.78 is 6.52. The second-order valence-electron chi connectivity index (χ2n) is 6.34. The van der Waals surface area contributed by atoms with Gasteiger partial charge in [0.2, 0.25) is 0 Å². The van der Waals surface area contributed by atoms with Crippen LogP contribution in [0.2, 0.25) is 0 Å². The van der Waals surface area contributed by atoms with Crippen molar-refractivity contribution in [2.24, 2.45) is 7.05 Å². The van der Waals surface area contributed by atoms with Crippen LogP contribution in [-0.2, 0) is 11.8 Å². The van der Waals surface area contributed by atoms with Gasteiger partial charge in [-0.1, -0.05) is 13.2 Å². The highest BCUT2D eigenvalue weighted by Crippen LogP contribution is 2.19. The van der Waals surface area contributed by atoms with E-state index in [1.165, 1.54) is 17.9 Å². The summed E-state index contributed by atoms with van der Waals surface area (Å²) in [5.41, 5.74) is 0.833. The Kier molecular flexibility index (Phi) is 5.58. The normalized spacial score (nSPS) is 15.2. The molecule has 0 atom stereocenters. The molecule has 0 bridgehead atoms.